The first-order valence-electron chi connectivity index (χ1n) is 10.6. The highest BCUT2D eigenvalue weighted by atomic mass is 16.1. The molecule has 0 saturated carbocycles. The molecule has 0 bridgehead atoms. The smallest absolute Gasteiger partial charge is 0.225 e. The van der Waals surface area contributed by atoms with Gasteiger partial charge in [0.25, 0.3) is 0 Å². The first kappa shape index (κ1) is 26.8. The molecule has 1 aromatic rings. The summed E-state index contributed by atoms with van der Waals surface area (Å²) in [5, 5.41) is 0. The Balaban J connectivity index is 0. The topological polar surface area (TPSA) is 46.1 Å². The fourth-order valence-electron chi connectivity index (χ4n) is 2.52. The van der Waals surface area contributed by atoms with E-state index in [2.05, 4.69) is 37.7 Å². The van der Waals surface area contributed by atoms with E-state index in [9.17, 15) is 4.79 Å². The molecule has 0 unspecified atom stereocenters. The van der Waals surface area contributed by atoms with Gasteiger partial charge in [0.1, 0.15) is 6.29 Å². The molecule has 0 atom stereocenters. The van der Waals surface area contributed by atoms with Crippen LogP contribution in [0.25, 0.3) is 0 Å². The Labute approximate surface area is 162 Å². The Bertz CT molecular complexity index is 416. The standard InChI is InChI=1S/C17H31N3.C3H6O.C2H6/c1-5-8-11-16(12-9-6-2)20(4)17-18-14-13-15(19-17)10-7-3;1-2-3-4;1-2/h13-14,16H,5-12H2,1-4H3;3H,2H2,1H3;1-2H3. The number of anilines is 1. The monoisotopic (exact) mass is 365 g/mol. The van der Waals surface area contributed by atoms with Crippen LogP contribution in [0.5, 0.6) is 0 Å². The molecule has 0 aromatic carbocycles. The predicted molar refractivity (Wildman–Crippen MR) is 115 cm³/mol. The molecule has 0 fully saturated rings. The number of nitrogens with zero attached hydrogens (tertiary/aromatic N) is 3. The Morgan fingerprint density at radius 2 is 1.58 bits per heavy atom. The largest absolute Gasteiger partial charge is 0.341 e. The van der Waals surface area contributed by atoms with Gasteiger partial charge in [0.2, 0.25) is 5.95 Å². The van der Waals surface area contributed by atoms with Crippen LogP contribution in [-0.4, -0.2) is 29.3 Å². The minimum atomic E-state index is 0.576. The van der Waals surface area contributed by atoms with Crippen LogP contribution in [-0.2, 0) is 11.2 Å². The molecule has 0 aliphatic heterocycles. The number of carbonyl (C=O) groups is 1. The summed E-state index contributed by atoms with van der Waals surface area (Å²) in [7, 11) is 2.15. The summed E-state index contributed by atoms with van der Waals surface area (Å²) in [5.41, 5.74) is 1.16. The third-order valence-corrected chi connectivity index (χ3v) is 4.02. The van der Waals surface area contributed by atoms with Gasteiger partial charge in [0, 0.05) is 31.4 Å². The maximum atomic E-state index is 9.17. The van der Waals surface area contributed by atoms with Crippen molar-refractivity contribution in [3.63, 3.8) is 0 Å². The highest BCUT2D eigenvalue weighted by Crippen LogP contribution is 2.19. The number of aryl methyl sites for hydroxylation is 1. The first-order valence-corrected chi connectivity index (χ1v) is 10.6. The van der Waals surface area contributed by atoms with Crippen LogP contribution in [0.1, 0.15) is 98.6 Å². The maximum Gasteiger partial charge on any atom is 0.225 e. The minimum absolute atomic E-state index is 0.576. The van der Waals surface area contributed by atoms with Gasteiger partial charge >= 0.3 is 0 Å². The van der Waals surface area contributed by atoms with Gasteiger partial charge in [-0.3, -0.25) is 0 Å². The van der Waals surface area contributed by atoms with Crippen LogP contribution >= 0.6 is 0 Å². The van der Waals surface area contributed by atoms with Crippen LogP contribution in [0.3, 0.4) is 0 Å². The van der Waals surface area contributed by atoms with Crippen LogP contribution in [0, 0.1) is 0 Å². The molecular weight excluding hydrogens is 322 g/mol. The quantitative estimate of drug-likeness (QED) is 0.436. The van der Waals surface area contributed by atoms with Crippen LogP contribution in [0.15, 0.2) is 12.3 Å². The van der Waals surface area contributed by atoms with Crippen LogP contribution in [0.4, 0.5) is 5.95 Å². The molecule has 26 heavy (non-hydrogen) atoms. The zero-order valence-corrected chi connectivity index (χ0v) is 18.4. The SMILES string of the molecule is CC.CCC=O.CCCCC(CCCC)N(C)c1nccc(CCC)n1. The number of carbonyl (C=O) groups excluding carboxylic acids is 1. The second-order valence-corrected chi connectivity index (χ2v) is 6.22. The van der Waals surface area contributed by atoms with Gasteiger partial charge in [0.05, 0.1) is 0 Å². The third-order valence-electron chi connectivity index (χ3n) is 4.02. The van der Waals surface area contributed by atoms with Gasteiger partial charge in [-0.2, -0.15) is 0 Å². The molecule has 0 N–H and O–H groups in total. The average molecular weight is 366 g/mol. The number of aromatic nitrogens is 2. The van der Waals surface area contributed by atoms with Gasteiger partial charge in [-0.1, -0.05) is 73.6 Å². The number of rotatable bonds is 11. The van der Waals surface area contributed by atoms with Crippen molar-refractivity contribution < 1.29 is 4.79 Å². The lowest BCUT2D eigenvalue weighted by atomic mass is 10.0. The number of aldehydes is 1. The predicted octanol–water partition coefficient (Wildman–Crippen LogP) is 6.24. The van der Waals surface area contributed by atoms with Gasteiger partial charge in [-0.15, -0.1) is 0 Å². The van der Waals surface area contributed by atoms with Crippen LogP contribution < -0.4 is 4.90 Å². The van der Waals surface area contributed by atoms with E-state index in [1.807, 2.05) is 33.0 Å². The highest BCUT2D eigenvalue weighted by molar-refractivity contribution is 5.48. The molecule has 0 spiro atoms. The molecule has 152 valence electrons. The second kappa shape index (κ2) is 19.9. The average Bonchev–Trinajstić information content (AvgIpc) is 2.70. The van der Waals surface area contributed by atoms with Crippen LogP contribution in [0.2, 0.25) is 0 Å². The summed E-state index contributed by atoms with van der Waals surface area (Å²) in [5.74, 6) is 0.896. The fraction of sp³-hybridized carbons (Fsp3) is 0.773. The van der Waals surface area contributed by atoms with Crippen molar-refractivity contribution >= 4 is 12.2 Å². The van der Waals surface area contributed by atoms with E-state index in [-0.39, 0.29) is 0 Å². The summed E-state index contributed by atoms with van der Waals surface area (Å²) in [6.07, 6.45) is 13.2. The van der Waals surface area contributed by atoms with Crippen molar-refractivity contribution in [2.75, 3.05) is 11.9 Å². The van der Waals surface area contributed by atoms with E-state index in [0.717, 1.165) is 30.8 Å². The van der Waals surface area contributed by atoms with Crippen molar-refractivity contribution in [1.29, 1.82) is 0 Å². The van der Waals surface area contributed by atoms with E-state index < -0.39 is 0 Å². The molecule has 1 rings (SSSR count). The molecule has 0 aliphatic rings. The molecule has 1 heterocycles. The fourth-order valence-corrected chi connectivity index (χ4v) is 2.52. The Kier molecular flexibility index (Phi) is 20.5. The first-order chi connectivity index (χ1) is 12.6. The third kappa shape index (κ3) is 12.8. The van der Waals surface area contributed by atoms with E-state index in [1.165, 1.54) is 38.5 Å². The number of hydrogen-bond donors (Lipinski definition) is 0. The summed E-state index contributed by atoms with van der Waals surface area (Å²) in [6.45, 7) is 12.5. The van der Waals surface area contributed by atoms with Crippen molar-refractivity contribution in [2.24, 2.45) is 0 Å². The minimum Gasteiger partial charge on any atom is -0.341 e. The number of unbranched alkanes of at least 4 members (excludes halogenated alkanes) is 2. The Morgan fingerprint density at radius 1 is 1.04 bits per heavy atom. The molecule has 1 aromatic heterocycles. The van der Waals surface area contributed by atoms with Crippen molar-refractivity contribution in [1.82, 2.24) is 9.97 Å². The summed E-state index contributed by atoms with van der Waals surface area (Å²) >= 11 is 0. The maximum absolute atomic E-state index is 9.17. The lowest BCUT2D eigenvalue weighted by Gasteiger charge is -2.28. The Morgan fingerprint density at radius 3 is 2.00 bits per heavy atom. The van der Waals surface area contributed by atoms with E-state index in [0.29, 0.717) is 12.5 Å². The molecule has 0 aliphatic carbocycles. The van der Waals surface area contributed by atoms with Crippen molar-refractivity contribution in [3.8, 4) is 0 Å². The zero-order valence-electron chi connectivity index (χ0n) is 18.4. The molecule has 4 nitrogen and oxygen atoms in total. The van der Waals surface area contributed by atoms with Gasteiger partial charge in [0.15, 0.2) is 0 Å². The lowest BCUT2D eigenvalue weighted by molar-refractivity contribution is -0.107. The molecule has 0 radical (unpaired) electrons. The lowest BCUT2D eigenvalue weighted by Crippen LogP contribution is -2.33. The summed E-state index contributed by atoms with van der Waals surface area (Å²) < 4.78 is 0. The Hall–Kier alpha value is -1.45. The van der Waals surface area contributed by atoms with Crippen molar-refractivity contribution in [3.05, 3.63) is 18.0 Å². The van der Waals surface area contributed by atoms with Gasteiger partial charge < -0.3 is 9.69 Å². The van der Waals surface area contributed by atoms with Gasteiger partial charge in [-0.05, 0) is 25.3 Å². The summed E-state index contributed by atoms with van der Waals surface area (Å²) in [6, 6.07) is 2.61. The molecule has 0 amide bonds. The molecule has 4 heteroatoms. The zero-order chi connectivity index (χ0) is 20.2. The highest BCUT2D eigenvalue weighted by Gasteiger charge is 2.16. The van der Waals surface area contributed by atoms with E-state index in [4.69, 9.17) is 4.98 Å². The molecular formula is C22H43N3O. The van der Waals surface area contributed by atoms with Gasteiger partial charge in [-0.25, -0.2) is 9.97 Å². The second-order valence-electron chi connectivity index (χ2n) is 6.22. The number of hydrogen-bond acceptors (Lipinski definition) is 4. The van der Waals surface area contributed by atoms with E-state index in [1.54, 1.807) is 0 Å². The van der Waals surface area contributed by atoms with E-state index >= 15 is 0 Å². The van der Waals surface area contributed by atoms with Crippen molar-refractivity contribution in [2.45, 2.75) is 105 Å². The molecule has 0 saturated heterocycles. The summed E-state index contributed by atoms with van der Waals surface area (Å²) in [4.78, 5) is 20.7. The normalized spacial score (nSPS) is 9.69.